The summed E-state index contributed by atoms with van der Waals surface area (Å²) in [5, 5.41) is 10.1. The van der Waals surface area contributed by atoms with Crippen LogP contribution in [0.15, 0.2) is 54.6 Å². The highest BCUT2D eigenvalue weighted by Gasteiger charge is 2.29. The fourth-order valence-electron chi connectivity index (χ4n) is 5.06. The Morgan fingerprint density at radius 2 is 1.66 bits per heavy atom. The molecule has 1 aliphatic carbocycles. The monoisotopic (exact) mass is 526 g/mol. The van der Waals surface area contributed by atoms with Crippen molar-refractivity contribution in [1.29, 1.82) is 0 Å². The molecule has 1 aliphatic rings. The summed E-state index contributed by atoms with van der Waals surface area (Å²) in [5.41, 5.74) is 1.31. The molecule has 0 spiro atoms. The molecule has 0 aromatic heterocycles. The van der Waals surface area contributed by atoms with Gasteiger partial charge in [0.05, 0.1) is 18.3 Å². The topological polar surface area (TPSA) is 55.8 Å². The Labute approximate surface area is 221 Å². The number of aliphatic hydroxyl groups excluding tert-OH is 1. The molecule has 3 aromatic carbocycles. The predicted octanol–water partition coefficient (Wildman–Crippen LogP) is 7.89. The van der Waals surface area contributed by atoms with E-state index in [0.717, 1.165) is 6.42 Å². The molecule has 0 saturated heterocycles. The van der Waals surface area contributed by atoms with E-state index in [0.29, 0.717) is 61.2 Å². The zero-order chi connectivity index (χ0) is 27.2. The van der Waals surface area contributed by atoms with Crippen LogP contribution in [0.25, 0.3) is 11.1 Å². The van der Waals surface area contributed by atoms with Crippen LogP contribution in [-0.4, -0.2) is 23.8 Å². The molecule has 0 bridgehead atoms. The van der Waals surface area contributed by atoms with Crippen LogP contribution in [0.5, 0.6) is 5.75 Å². The number of ether oxygens (including phenoxy) is 2. The minimum Gasteiger partial charge on any atom is -0.494 e. The summed E-state index contributed by atoms with van der Waals surface area (Å²) < 4.78 is 55.3. The van der Waals surface area contributed by atoms with Gasteiger partial charge < -0.3 is 14.6 Å². The minimum absolute atomic E-state index is 0.0106. The highest BCUT2D eigenvalue weighted by atomic mass is 19.2. The van der Waals surface area contributed by atoms with Gasteiger partial charge in [0.1, 0.15) is 17.7 Å². The number of rotatable bonds is 9. The first kappa shape index (κ1) is 27.7. The van der Waals surface area contributed by atoms with E-state index in [4.69, 9.17) is 9.47 Å². The summed E-state index contributed by atoms with van der Waals surface area (Å²) in [6.07, 6.45) is 2.60. The first-order valence-corrected chi connectivity index (χ1v) is 13.2. The van der Waals surface area contributed by atoms with Crippen LogP contribution in [0.1, 0.15) is 85.9 Å². The van der Waals surface area contributed by atoms with Crippen LogP contribution in [-0.2, 0) is 4.74 Å². The van der Waals surface area contributed by atoms with E-state index in [1.807, 2.05) is 13.8 Å². The summed E-state index contributed by atoms with van der Waals surface area (Å²) in [6.45, 7) is 4.26. The van der Waals surface area contributed by atoms with Gasteiger partial charge in [-0.15, -0.1) is 0 Å². The zero-order valence-corrected chi connectivity index (χ0v) is 21.7. The Bertz CT molecular complexity index is 1250. The molecule has 0 aliphatic heterocycles. The number of carbonyl (C=O) groups is 1. The molecule has 1 fully saturated rings. The van der Waals surface area contributed by atoms with Crippen molar-refractivity contribution >= 4 is 5.97 Å². The Balaban J connectivity index is 1.38. The largest absolute Gasteiger partial charge is 0.494 e. The SMILES string of the molecule is CCCC(O)c1ccc(-c2ccc(C(=O)OC3CCC(c4ccc(OCC)cc4F)CC3)c(F)c2F)cc1. The van der Waals surface area contributed by atoms with Crippen LogP contribution < -0.4 is 4.74 Å². The molecule has 38 heavy (non-hydrogen) atoms. The number of hydrogen-bond donors (Lipinski definition) is 1. The van der Waals surface area contributed by atoms with Crippen LogP contribution in [0.3, 0.4) is 0 Å². The van der Waals surface area contributed by atoms with Gasteiger partial charge >= 0.3 is 5.97 Å². The molecule has 1 saturated carbocycles. The van der Waals surface area contributed by atoms with Gasteiger partial charge in [-0.25, -0.2) is 18.0 Å². The molecule has 4 rings (SSSR count). The molecule has 1 atom stereocenters. The van der Waals surface area contributed by atoms with Crippen molar-refractivity contribution in [2.75, 3.05) is 6.61 Å². The zero-order valence-electron chi connectivity index (χ0n) is 21.7. The van der Waals surface area contributed by atoms with Crippen molar-refractivity contribution in [3.05, 3.63) is 88.7 Å². The van der Waals surface area contributed by atoms with Crippen LogP contribution in [0.4, 0.5) is 13.2 Å². The van der Waals surface area contributed by atoms with Crippen LogP contribution >= 0.6 is 0 Å². The molecule has 202 valence electrons. The molecule has 4 nitrogen and oxygen atoms in total. The number of benzene rings is 3. The van der Waals surface area contributed by atoms with Crippen molar-refractivity contribution in [3.8, 4) is 16.9 Å². The van der Waals surface area contributed by atoms with Gasteiger partial charge in [-0.3, -0.25) is 0 Å². The lowest BCUT2D eigenvalue weighted by molar-refractivity contribution is 0.0188. The van der Waals surface area contributed by atoms with Gasteiger partial charge in [0.25, 0.3) is 0 Å². The molecule has 1 unspecified atom stereocenters. The van der Waals surface area contributed by atoms with Crippen molar-refractivity contribution in [3.63, 3.8) is 0 Å². The van der Waals surface area contributed by atoms with Gasteiger partial charge in [0.2, 0.25) is 0 Å². The van der Waals surface area contributed by atoms with E-state index in [1.165, 1.54) is 18.2 Å². The smallest absolute Gasteiger partial charge is 0.341 e. The predicted molar refractivity (Wildman–Crippen MR) is 140 cm³/mol. The maximum atomic E-state index is 14.9. The van der Waals surface area contributed by atoms with Gasteiger partial charge in [-0.1, -0.05) is 49.7 Å². The van der Waals surface area contributed by atoms with Crippen molar-refractivity contribution in [1.82, 2.24) is 0 Å². The average molecular weight is 527 g/mol. The second-order valence-corrected chi connectivity index (χ2v) is 9.71. The third-order valence-electron chi connectivity index (χ3n) is 7.14. The van der Waals surface area contributed by atoms with E-state index in [9.17, 15) is 23.1 Å². The van der Waals surface area contributed by atoms with E-state index < -0.39 is 35.4 Å². The second kappa shape index (κ2) is 12.5. The van der Waals surface area contributed by atoms with Gasteiger partial charge in [0, 0.05) is 11.6 Å². The Hall–Kier alpha value is -3.32. The number of esters is 1. The van der Waals surface area contributed by atoms with Crippen molar-refractivity contribution < 1.29 is 32.5 Å². The maximum absolute atomic E-state index is 14.9. The Kier molecular flexibility index (Phi) is 9.10. The molecule has 0 amide bonds. The number of halogens is 3. The lowest BCUT2D eigenvalue weighted by Crippen LogP contribution is -2.25. The first-order valence-electron chi connectivity index (χ1n) is 13.2. The van der Waals surface area contributed by atoms with E-state index in [2.05, 4.69) is 0 Å². The van der Waals surface area contributed by atoms with Gasteiger partial charge in [-0.2, -0.15) is 0 Å². The molecule has 1 N–H and O–H groups in total. The molecular formula is C31H33F3O4. The first-order chi connectivity index (χ1) is 18.3. The van der Waals surface area contributed by atoms with E-state index >= 15 is 0 Å². The fraction of sp³-hybridized carbons (Fsp3) is 0.387. The molecule has 0 radical (unpaired) electrons. The molecule has 3 aromatic rings. The Morgan fingerprint density at radius 1 is 0.947 bits per heavy atom. The normalized spacial score (nSPS) is 18.2. The van der Waals surface area contributed by atoms with Gasteiger partial charge in [-0.05, 0) is 73.8 Å². The summed E-state index contributed by atoms with van der Waals surface area (Å²) in [4.78, 5) is 12.7. The fourth-order valence-corrected chi connectivity index (χ4v) is 5.06. The van der Waals surface area contributed by atoms with Crippen LogP contribution in [0.2, 0.25) is 0 Å². The minimum atomic E-state index is -1.26. The Morgan fingerprint density at radius 3 is 2.29 bits per heavy atom. The number of aliphatic hydroxyl groups is 1. The highest BCUT2D eigenvalue weighted by molar-refractivity contribution is 5.90. The van der Waals surface area contributed by atoms with E-state index in [1.54, 1.807) is 36.4 Å². The lowest BCUT2D eigenvalue weighted by Gasteiger charge is -2.29. The lowest BCUT2D eigenvalue weighted by atomic mass is 9.82. The van der Waals surface area contributed by atoms with Crippen molar-refractivity contribution in [2.45, 2.75) is 70.5 Å². The van der Waals surface area contributed by atoms with Gasteiger partial charge in [0.15, 0.2) is 11.6 Å². The summed E-state index contributed by atoms with van der Waals surface area (Å²) in [7, 11) is 0. The summed E-state index contributed by atoms with van der Waals surface area (Å²) in [6, 6.07) is 14.1. The summed E-state index contributed by atoms with van der Waals surface area (Å²) >= 11 is 0. The quantitative estimate of drug-likeness (QED) is 0.288. The van der Waals surface area contributed by atoms with E-state index in [-0.39, 0.29) is 17.3 Å². The third kappa shape index (κ3) is 6.21. The standard InChI is InChI=1S/C31H33F3O4/c1-3-5-28(35)21-8-6-20(7-9-21)25-16-17-26(30(34)29(25)33)31(36)38-22-12-10-19(11-13-22)24-15-14-23(37-4-2)18-27(24)32/h6-9,14-19,22,28,35H,3-5,10-13H2,1-2H3. The average Bonchev–Trinajstić information content (AvgIpc) is 2.91. The van der Waals surface area contributed by atoms with Crippen molar-refractivity contribution in [2.24, 2.45) is 0 Å². The maximum Gasteiger partial charge on any atom is 0.341 e. The second-order valence-electron chi connectivity index (χ2n) is 9.71. The summed E-state index contributed by atoms with van der Waals surface area (Å²) in [5.74, 6) is -3.14. The number of hydrogen-bond acceptors (Lipinski definition) is 4. The molecule has 0 heterocycles. The molecular weight excluding hydrogens is 493 g/mol. The third-order valence-corrected chi connectivity index (χ3v) is 7.14. The molecule has 7 heteroatoms. The number of carbonyl (C=O) groups excluding carboxylic acids is 1. The highest BCUT2D eigenvalue weighted by Crippen LogP contribution is 2.37. The van der Waals surface area contributed by atoms with Crippen LogP contribution in [0, 0.1) is 17.5 Å².